The van der Waals surface area contributed by atoms with Crippen LogP contribution < -0.4 is 10.6 Å². The minimum Gasteiger partial charge on any atom is -0.316 e. The van der Waals surface area contributed by atoms with Crippen LogP contribution in [0.15, 0.2) is 60.9 Å². The first-order valence-electron chi connectivity index (χ1n) is 9.70. The van der Waals surface area contributed by atoms with E-state index in [4.69, 9.17) is 47.0 Å². The van der Waals surface area contributed by atoms with E-state index in [0.29, 0.717) is 44.9 Å². The first-order chi connectivity index (χ1) is 15.4. The number of nitrogens with one attached hydrogen (secondary N) is 2. The van der Waals surface area contributed by atoms with Gasteiger partial charge in [-0.05, 0) is 48.0 Å². The number of rotatable bonds is 6. The second-order valence-corrected chi connectivity index (χ2v) is 8.82. The molecule has 10 heteroatoms. The third kappa shape index (κ3) is 5.61. The van der Waals surface area contributed by atoms with E-state index >= 15 is 0 Å². The molecule has 0 amide bonds. The number of hydrogen-bond donors (Lipinski definition) is 2. The molecule has 0 bridgehead atoms. The highest BCUT2D eigenvalue weighted by molar-refractivity contribution is 7.80. The van der Waals surface area contributed by atoms with Crippen molar-refractivity contribution in [2.45, 2.75) is 20.0 Å². The van der Waals surface area contributed by atoms with Crippen LogP contribution in [-0.2, 0) is 13.1 Å². The van der Waals surface area contributed by atoms with E-state index in [1.807, 2.05) is 35.1 Å². The number of nitrogens with zero attached hydrogens (tertiary/aromatic N) is 4. The van der Waals surface area contributed by atoms with Crippen molar-refractivity contribution in [2.75, 3.05) is 10.6 Å². The number of halogens is 3. The van der Waals surface area contributed by atoms with Crippen molar-refractivity contribution in [1.29, 1.82) is 0 Å². The molecular weight excluding hydrogens is 487 g/mol. The van der Waals surface area contributed by atoms with E-state index in [-0.39, 0.29) is 0 Å². The third-order valence-corrected chi connectivity index (χ3v) is 5.84. The Kier molecular flexibility index (Phi) is 7.01. The van der Waals surface area contributed by atoms with Crippen LogP contribution in [-0.4, -0.2) is 24.7 Å². The van der Waals surface area contributed by atoms with Gasteiger partial charge in [0.25, 0.3) is 0 Å². The Balaban J connectivity index is 1.37. The molecule has 0 aliphatic heterocycles. The number of anilines is 2. The van der Waals surface area contributed by atoms with Gasteiger partial charge in [-0.1, -0.05) is 65.1 Å². The Labute approximate surface area is 206 Å². The molecule has 2 N–H and O–H groups in total. The molecule has 6 nitrogen and oxygen atoms in total. The second kappa shape index (κ2) is 9.92. The largest absolute Gasteiger partial charge is 0.316 e. The quantitative estimate of drug-likeness (QED) is 0.303. The van der Waals surface area contributed by atoms with E-state index < -0.39 is 0 Å². The zero-order valence-electron chi connectivity index (χ0n) is 17.0. The molecule has 0 aliphatic carbocycles. The van der Waals surface area contributed by atoms with Gasteiger partial charge in [0.1, 0.15) is 5.02 Å². The lowest BCUT2D eigenvalue weighted by Crippen LogP contribution is -2.20. The van der Waals surface area contributed by atoms with Crippen molar-refractivity contribution < 1.29 is 0 Å². The van der Waals surface area contributed by atoms with Crippen molar-refractivity contribution in [3.63, 3.8) is 0 Å². The Morgan fingerprint density at radius 2 is 1.69 bits per heavy atom. The van der Waals surface area contributed by atoms with E-state index in [0.717, 1.165) is 5.56 Å². The maximum Gasteiger partial charge on any atom is 0.177 e. The molecular formula is C22H19Cl3N6S. The summed E-state index contributed by atoms with van der Waals surface area (Å²) in [6.07, 6.45) is 3.60. The zero-order valence-corrected chi connectivity index (χ0v) is 20.1. The molecule has 0 saturated heterocycles. The molecule has 32 heavy (non-hydrogen) atoms. The highest BCUT2D eigenvalue weighted by Gasteiger charge is 2.11. The van der Waals surface area contributed by atoms with Crippen LogP contribution in [0.25, 0.3) is 0 Å². The van der Waals surface area contributed by atoms with Gasteiger partial charge < -0.3 is 10.6 Å². The fourth-order valence-electron chi connectivity index (χ4n) is 3.12. The van der Waals surface area contributed by atoms with Crippen molar-refractivity contribution in [2.24, 2.45) is 0 Å². The normalized spacial score (nSPS) is 10.9. The number of benzene rings is 2. The molecule has 2 aromatic carbocycles. The average Bonchev–Trinajstić information content (AvgIpc) is 3.32. The average molecular weight is 506 g/mol. The summed E-state index contributed by atoms with van der Waals surface area (Å²) in [4.78, 5) is 0. The lowest BCUT2D eigenvalue weighted by atomic mass is 10.1. The van der Waals surface area contributed by atoms with Crippen molar-refractivity contribution in [3.8, 4) is 0 Å². The lowest BCUT2D eigenvalue weighted by molar-refractivity contribution is 0.687. The number of thiocarbonyl (C=S) groups is 1. The summed E-state index contributed by atoms with van der Waals surface area (Å²) < 4.78 is 3.53. The standard InChI is InChI=1S/C22H19Cl3N6S/c1-14-4-2-3-5-15(14)11-30-9-8-20(28-30)26-22(32)27-21-19(25)13-31(29-21)12-16-6-7-17(23)10-18(16)24/h2-10,13H,11-12H2,1H3,(H2,26,27,28,29,32). The van der Waals surface area contributed by atoms with Crippen LogP contribution in [0, 0.1) is 6.92 Å². The predicted molar refractivity (Wildman–Crippen MR) is 135 cm³/mol. The van der Waals surface area contributed by atoms with Gasteiger partial charge >= 0.3 is 0 Å². The van der Waals surface area contributed by atoms with Gasteiger partial charge in [-0.3, -0.25) is 9.36 Å². The molecule has 2 aromatic heterocycles. The number of hydrogen-bond acceptors (Lipinski definition) is 3. The highest BCUT2D eigenvalue weighted by Crippen LogP contribution is 2.24. The summed E-state index contributed by atoms with van der Waals surface area (Å²) in [7, 11) is 0. The van der Waals surface area contributed by atoms with Gasteiger partial charge in [-0.2, -0.15) is 10.2 Å². The Bertz CT molecular complexity index is 1270. The van der Waals surface area contributed by atoms with Crippen LogP contribution in [0.4, 0.5) is 11.6 Å². The van der Waals surface area contributed by atoms with Gasteiger partial charge in [-0.25, -0.2) is 0 Å². The minimum atomic E-state index is 0.336. The van der Waals surface area contributed by atoms with E-state index in [1.54, 1.807) is 23.0 Å². The lowest BCUT2D eigenvalue weighted by Gasteiger charge is -2.08. The van der Waals surface area contributed by atoms with Crippen LogP contribution in [0.3, 0.4) is 0 Å². The number of aryl methyl sites for hydroxylation is 1. The van der Waals surface area contributed by atoms with Gasteiger partial charge in [-0.15, -0.1) is 0 Å². The molecule has 0 spiro atoms. The van der Waals surface area contributed by atoms with Gasteiger partial charge in [0.15, 0.2) is 16.7 Å². The molecule has 164 valence electrons. The Morgan fingerprint density at radius 3 is 2.47 bits per heavy atom. The first kappa shape index (κ1) is 22.6. The minimum absolute atomic E-state index is 0.336. The van der Waals surface area contributed by atoms with E-state index in [9.17, 15) is 0 Å². The smallest absolute Gasteiger partial charge is 0.177 e. The second-order valence-electron chi connectivity index (χ2n) is 7.16. The fourth-order valence-corrected chi connectivity index (χ4v) is 3.99. The molecule has 0 aliphatic rings. The van der Waals surface area contributed by atoms with Gasteiger partial charge in [0, 0.05) is 28.5 Å². The summed E-state index contributed by atoms with van der Waals surface area (Å²) in [5, 5.41) is 17.0. The third-order valence-electron chi connectivity index (χ3n) is 4.77. The van der Waals surface area contributed by atoms with Crippen LogP contribution in [0.5, 0.6) is 0 Å². The molecule has 0 saturated carbocycles. The van der Waals surface area contributed by atoms with Gasteiger partial charge in [0.05, 0.1) is 13.1 Å². The maximum absolute atomic E-state index is 6.33. The topological polar surface area (TPSA) is 59.7 Å². The molecule has 0 unspecified atom stereocenters. The fraction of sp³-hybridized carbons (Fsp3) is 0.136. The highest BCUT2D eigenvalue weighted by atomic mass is 35.5. The maximum atomic E-state index is 6.33. The summed E-state index contributed by atoms with van der Waals surface area (Å²) in [5.41, 5.74) is 3.31. The molecule has 0 fully saturated rings. The Hall–Kier alpha value is -2.58. The van der Waals surface area contributed by atoms with Crippen molar-refractivity contribution in [3.05, 3.63) is 92.7 Å². The van der Waals surface area contributed by atoms with Crippen molar-refractivity contribution in [1.82, 2.24) is 19.6 Å². The van der Waals surface area contributed by atoms with Crippen molar-refractivity contribution >= 4 is 63.8 Å². The summed E-state index contributed by atoms with van der Waals surface area (Å²) in [6, 6.07) is 15.4. The number of aromatic nitrogens is 4. The predicted octanol–water partition coefficient (Wildman–Crippen LogP) is 6.25. The van der Waals surface area contributed by atoms with Crippen LogP contribution in [0.1, 0.15) is 16.7 Å². The molecule has 0 radical (unpaired) electrons. The van der Waals surface area contributed by atoms with Crippen LogP contribution >= 0.6 is 47.0 Å². The summed E-state index contributed by atoms with van der Waals surface area (Å²) in [5.74, 6) is 1.06. The summed E-state index contributed by atoms with van der Waals surface area (Å²) in [6.45, 7) is 3.21. The molecule has 4 rings (SSSR count). The zero-order chi connectivity index (χ0) is 22.7. The summed E-state index contributed by atoms with van der Waals surface area (Å²) >= 11 is 23.9. The molecule has 4 aromatic rings. The SMILES string of the molecule is Cc1ccccc1Cn1ccc(NC(=S)Nc2nn(Cc3ccc(Cl)cc3Cl)cc2Cl)n1. The van der Waals surface area contributed by atoms with Gasteiger partial charge in [0.2, 0.25) is 0 Å². The first-order valence-corrected chi connectivity index (χ1v) is 11.2. The molecule has 0 atom stereocenters. The monoisotopic (exact) mass is 504 g/mol. The van der Waals surface area contributed by atoms with E-state index in [2.05, 4.69) is 39.9 Å². The van der Waals surface area contributed by atoms with E-state index in [1.165, 1.54) is 11.1 Å². The Morgan fingerprint density at radius 1 is 0.906 bits per heavy atom. The molecule has 2 heterocycles. The van der Waals surface area contributed by atoms with Crippen LogP contribution in [0.2, 0.25) is 15.1 Å².